The second kappa shape index (κ2) is 8.49. The van der Waals surface area contributed by atoms with Crippen molar-refractivity contribution >= 4 is 45.3 Å². The molecule has 8 heteroatoms. The number of hydrogen-bond acceptors (Lipinski definition) is 5. The molecule has 0 bridgehead atoms. The van der Waals surface area contributed by atoms with E-state index < -0.39 is 17.4 Å². The molecule has 0 saturated carbocycles. The van der Waals surface area contributed by atoms with Gasteiger partial charge in [0.1, 0.15) is 0 Å². The molecule has 0 fully saturated rings. The Morgan fingerprint density at radius 2 is 1.71 bits per heavy atom. The first-order valence-electron chi connectivity index (χ1n) is 9.23. The van der Waals surface area contributed by atoms with E-state index in [1.54, 1.807) is 12.1 Å². The van der Waals surface area contributed by atoms with Crippen molar-refractivity contribution in [2.75, 3.05) is 10.6 Å². The molecule has 0 aliphatic heterocycles. The van der Waals surface area contributed by atoms with Gasteiger partial charge < -0.3 is 21.5 Å². The van der Waals surface area contributed by atoms with Gasteiger partial charge in [-0.2, -0.15) is 0 Å². The Kier molecular flexibility index (Phi) is 5.60. The third kappa shape index (κ3) is 4.51. The van der Waals surface area contributed by atoms with Crippen LogP contribution in [-0.4, -0.2) is 10.1 Å². The van der Waals surface area contributed by atoms with Crippen LogP contribution in [0.3, 0.4) is 0 Å². The van der Waals surface area contributed by atoms with E-state index in [0.29, 0.717) is 16.2 Å². The van der Waals surface area contributed by atoms with E-state index in [4.69, 9.17) is 17.3 Å². The van der Waals surface area contributed by atoms with Crippen molar-refractivity contribution in [3.63, 3.8) is 0 Å². The van der Waals surface area contributed by atoms with Gasteiger partial charge in [0, 0.05) is 45.8 Å². The SMILES string of the molecule is N/C(=C\Nc1cc(F)c(O)c(F)c1)c1ccc2c(Nc3cccc(Cl)c3)cccc2n1. The second-order valence-electron chi connectivity index (χ2n) is 6.74. The fourth-order valence-electron chi connectivity index (χ4n) is 3.03. The van der Waals surface area contributed by atoms with E-state index >= 15 is 0 Å². The topological polar surface area (TPSA) is 83.2 Å². The number of nitrogens with two attached hydrogens (primary N) is 1. The Morgan fingerprint density at radius 1 is 0.968 bits per heavy atom. The number of halogens is 3. The molecule has 31 heavy (non-hydrogen) atoms. The maximum Gasteiger partial charge on any atom is 0.187 e. The molecule has 156 valence electrons. The monoisotopic (exact) mass is 438 g/mol. The third-order valence-corrected chi connectivity index (χ3v) is 4.78. The lowest BCUT2D eigenvalue weighted by Gasteiger charge is -2.11. The highest BCUT2D eigenvalue weighted by Gasteiger charge is 2.10. The molecular weight excluding hydrogens is 422 g/mol. The maximum atomic E-state index is 13.5. The summed E-state index contributed by atoms with van der Waals surface area (Å²) < 4.78 is 26.9. The molecule has 5 N–H and O–H groups in total. The smallest absolute Gasteiger partial charge is 0.187 e. The van der Waals surface area contributed by atoms with Crippen LogP contribution in [0.2, 0.25) is 5.02 Å². The molecule has 0 aliphatic rings. The largest absolute Gasteiger partial charge is 0.503 e. The highest BCUT2D eigenvalue weighted by molar-refractivity contribution is 6.30. The normalized spacial score (nSPS) is 11.5. The van der Waals surface area contributed by atoms with E-state index in [1.807, 2.05) is 42.5 Å². The first kappa shape index (κ1) is 20.4. The Labute approximate surface area is 181 Å². The number of benzene rings is 3. The van der Waals surface area contributed by atoms with Crippen LogP contribution in [0.1, 0.15) is 5.69 Å². The number of nitrogens with one attached hydrogen (secondary N) is 2. The Morgan fingerprint density at radius 3 is 2.45 bits per heavy atom. The quantitative estimate of drug-likeness (QED) is 0.288. The van der Waals surface area contributed by atoms with E-state index in [2.05, 4.69) is 15.6 Å². The lowest BCUT2D eigenvalue weighted by atomic mass is 10.1. The molecule has 0 radical (unpaired) electrons. The predicted octanol–water partition coefficient (Wildman–Crippen LogP) is 5.98. The number of aromatic hydroxyl groups is 1. The first-order valence-corrected chi connectivity index (χ1v) is 9.61. The van der Waals surface area contributed by atoms with Crippen molar-refractivity contribution in [3.05, 3.63) is 95.3 Å². The number of aromatic nitrogens is 1. The van der Waals surface area contributed by atoms with E-state index in [1.165, 1.54) is 6.20 Å². The maximum absolute atomic E-state index is 13.5. The van der Waals surface area contributed by atoms with E-state index in [0.717, 1.165) is 28.9 Å². The predicted molar refractivity (Wildman–Crippen MR) is 120 cm³/mol. The van der Waals surface area contributed by atoms with Crippen LogP contribution in [0.15, 0.2) is 72.9 Å². The Hall–Kier alpha value is -3.84. The Balaban J connectivity index is 1.59. The summed E-state index contributed by atoms with van der Waals surface area (Å²) in [6.45, 7) is 0. The van der Waals surface area contributed by atoms with Gasteiger partial charge in [0.2, 0.25) is 0 Å². The summed E-state index contributed by atoms with van der Waals surface area (Å²) in [7, 11) is 0. The zero-order valence-corrected chi connectivity index (χ0v) is 16.8. The zero-order valence-electron chi connectivity index (χ0n) is 16.0. The van der Waals surface area contributed by atoms with Crippen LogP contribution in [0.25, 0.3) is 16.6 Å². The average Bonchev–Trinajstić information content (AvgIpc) is 2.75. The van der Waals surface area contributed by atoms with Gasteiger partial charge in [-0.05, 0) is 42.5 Å². The minimum absolute atomic E-state index is 0.101. The standard InChI is InChI=1S/C23H17ClF2N4O/c24-13-3-1-4-14(9-13)29-20-5-2-6-21-16(20)7-8-22(30-21)19(27)12-28-15-10-17(25)23(31)18(26)11-15/h1-12,28-29,31H,27H2/b19-12-. The number of rotatable bonds is 5. The average molecular weight is 439 g/mol. The van der Waals surface area contributed by atoms with Crippen molar-refractivity contribution in [3.8, 4) is 5.75 Å². The molecule has 0 aliphatic carbocycles. The number of anilines is 3. The molecule has 1 aromatic heterocycles. The van der Waals surface area contributed by atoms with Gasteiger partial charge in [-0.15, -0.1) is 0 Å². The highest BCUT2D eigenvalue weighted by atomic mass is 35.5. The van der Waals surface area contributed by atoms with E-state index in [-0.39, 0.29) is 11.4 Å². The zero-order chi connectivity index (χ0) is 22.0. The summed E-state index contributed by atoms with van der Waals surface area (Å²) in [6.07, 6.45) is 1.38. The van der Waals surface area contributed by atoms with Crippen molar-refractivity contribution in [2.45, 2.75) is 0 Å². The number of fused-ring (bicyclic) bond motifs is 1. The summed E-state index contributed by atoms with van der Waals surface area (Å²) in [5, 5.41) is 16.7. The van der Waals surface area contributed by atoms with Crippen molar-refractivity contribution in [2.24, 2.45) is 5.73 Å². The molecule has 0 amide bonds. The van der Waals surface area contributed by atoms with Gasteiger partial charge in [0.25, 0.3) is 0 Å². The van der Waals surface area contributed by atoms with Crippen LogP contribution in [0.5, 0.6) is 5.75 Å². The van der Waals surface area contributed by atoms with Crippen molar-refractivity contribution < 1.29 is 13.9 Å². The molecular formula is C23H17ClF2N4O. The van der Waals surface area contributed by atoms with Gasteiger partial charge in [-0.3, -0.25) is 0 Å². The van der Waals surface area contributed by atoms with Crippen LogP contribution >= 0.6 is 11.6 Å². The van der Waals surface area contributed by atoms with Gasteiger partial charge in [-0.1, -0.05) is 23.7 Å². The van der Waals surface area contributed by atoms with Gasteiger partial charge >= 0.3 is 0 Å². The molecule has 5 nitrogen and oxygen atoms in total. The first-order chi connectivity index (χ1) is 14.9. The molecule has 1 heterocycles. The molecule has 0 saturated heterocycles. The van der Waals surface area contributed by atoms with Crippen LogP contribution in [-0.2, 0) is 0 Å². The van der Waals surface area contributed by atoms with E-state index in [9.17, 15) is 13.9 Å². The lowest BCUT2D eigenvalue weighted by Crippen LogP contribution is -2.03. The fourth-order valence-corrected chi connectivity index (χ4v) is 3.22. The highest BCUT2D eigenvalue weighted by Crippen LogP contribution is 2.28. The van der Waals surface area contributed by atoms with Gasteiger partial charge in [0.05, 0.1) is 16.9 Å². The molecule has 3 aromatic carbocycles. The number of nitrogens with zero attached hydrogens (tertiary/aromatic N) is 1. The van der Waals surface area contributed by atoms with Crippen molar-refractivity contribution in [1.29, 1.82) is 0 Å². The molecule has 4 aromatic rings. The fraction of sp³-hybridized carbons (Fsp3) is 0. The lowest BCUT2D eigenvalue weighted by molar-refractivity contribution is 0.396. The minimum atomic E-state index is -1.07. The number of phenolic OH excluding ortho intramolecular Hbond substituents is 1. The summed E-state index contributed by atoms with van der Waals surface area (Å²) in [6, 6.07) is 18.6. The van der Waals surface area contributed by atoms with Crippen LogP contribution in [0, 0.1) is 11.6 Å². The Bertz CT molecular complexity index is 1290. The van der Waals surface area contributed by atoms with Crippen molar-refractivity contribution in [1.82, 2.24) is 4.98 Å². The van der Waals surface area contributed by atoms with Gasteiger partial charge in [-0.25, -0.2) is 13.8 Å². The summed E-state index contributed by atoms with van der Waals surface area (Å²) in [4.78, 5) is 4.57. The third-order valence-electron chi connectivity index (χ3n) is 4.54. The summed E-state index contributed by atoms with van der Waals surface area (Å²) >= 11 is 6.05. The number of pyridine rings is 1. The van der Waals surface area contributed by atoms with Crippen LogP contribution in [0.4, 0.5) is 25.8 Å². The molecule has 0 unspecified atom stereocenters. The summed E-state index contributed by atoms with van der Waals surface area (Å²) in [5.41, 5.74) is 9.36. The summed E-state index contributed by atoms with van der Waals surface area (Å²) in [5.74, 6) is -3.17. The molecule has 4 rings (SSSR count). The minimum Gasteiger partial charge on any atom is -0.503 e. The molecule has 0 spiro atoms. The number of hydrogen-bond donors (Lipinski definition) is 4. The molecule has 0 atom stereocenters. The van der Waals surface area contributed by atoms with Gasteiger partial charge in [0.15, 0.2) is 17.4 Å². The number of phenols is 1. The van der Waals surface area contributed by atoms with Crippen LogP contribution < -0.4 is 16.4 Å². The second-order valence-corrected chi connectivity index (χ2v) is 7.17.